The van der Waals surface area contributed by atoms with Gasteiger partial charge in [0.2, 0.25) is 5.91 Å². The van der Waals surface area contributed by atoms with Crippen LogP contribution in [0, 0.1) is 5.82 Å². The van der Waals surface area contributed by atoms with E-state index in [4.69, 9.17) is 21.1 Å². The number of thioether (sulfide) groups is 1. The Morgan fingerprint density at radius 2 is 1.58 bits per heavy atom. The molecule has 0 unspecified atom stereocenters. The second-order valence-electron chi connectivity index (χ2n) is 8.93. The molecule has 0 spiro atoms. The minimum absolute atomic E-state index is 0.0172. The van der Waals surface area contributed by atoms with Crippen molar-refractivity contribution >= 4 is 58.5 Å². The fourth-order valence-corrected chi connectivity index (χ4v) is 4.68. The molecule has 0 aliphatic heterocycles. The summed E-state index contributed by atoms with van der Waals surface area (Å²) in [4.78, 5) is 39.4. The van der Waals surface area contributed by atoms with Gasteiger partial charge >= 0.3 is 0 Å². The van der Waals surface area contributed by atoms with Gasteiger partial charge in [0.1, 0.15) is 23.0 Å². The van der Waals surface area contributed by atoms with E-state index >= 15 is 0 Å². The van der Waals surface area contributed by atoms with Crippen molar-refractivity contribution in [2.75, 3.05) is 30.6 Å². The molecule has 4 rings (SSSR count). The Bertz CT molecular complexity index is 1650. The monoisotopic (exact) mass is 619 g/mol. The first-order valence-corrected chi connectivity index (χ1v) is 14.2. The number of benzene rings is 4. The van der Waals surface area contributed by atoms with Gasteiger partial charge in [-0.1, -0.05) is 29.8 Å². The summed E-state index contributed by atoms with van der Waals surface area (Å²) in [5, 5.41) is 8.08. The molecule has 0 radical (unpaired) electrons. The van der Waals surface area contributed by atoms with E-state index < -0.39 is 17.6 Å². The maximum atomic E-state index is 13.4. The summed E-state index contributed by atoms with van der Waals surface area (Å²) >= 11 is 7.04. The van der Waals surface area contributed by atoms with Crippen LogP contribution in [0.2, 0.25) is 5.02 Å². The molecule has 4 aromatic rings. The third kappa shape index (κ3) is 8.84. The van der Waals surface area contributed by atoms with Crippen molar-refractivity contribution in [3.8, 4) is 11.5 Å². The Labute approximate surface area is 257 Å². The van der Waals surface area contributed by atoms with Crippen LogP contribution in [0.25, 0.3) is 6.08 Å². The predicted molar refractivity (Wildman–Crippen MR) is 167 cm³/mol. The summed E-state index contributed by atoms with van der Waals surface area (Å²) in [6.07, 6.45) is 1.51. The Balaban J connectivity index is 1.46. The second-order valence-corrected chi connectivity index (χ2v) is 10.4. The maximum Gasteiger partial charge on any atom is 0.272 e. The summed E-state index contributed by atoms with van der Waals surface area (Å²) in [7, 11) is 3.03. The second kappa shape index (κ2) is 14.9. The number of methoxy groups -OCH3 is 2. The van der Waals surface area contributed by atoms with Crippen molar-refractivity contribution in [3.05, 3.63) is 119 Å². The van der Waals surface area contributed by atoms with E-state index in [9.17, 15) is 18.8 Å². The smallest absolute Gasteiger partial charge is 0.272 e. The van der Waals surface area contributed by atoms with Crippen molar-refractivity contribution in [3.63, 3.8) is 0 Å². The first-order chi connectivity index (χ1) is 20.7. The summed E-state index contributed by atoms with van der Waals surface area (Å²) in [6, 6.07) is 24.4. The van der Waals surface area contributed by atoms with E-state index in [1.165, 1.54) is 50.3 Å². The number of rotatable bonds is 11. The predicted octanol–water partition coefficient (Wildman–Crippen LogP) is 6.64. The molecule has 0 saturated carbocycles. The highest BCUT2D eigenvalue weighted by Crippen LogP contribution is 2.27. The third-order valence-electron chi connectivity index (χ3n) is 5.95. The molecule has 0 saturated heterocycles. The van der Waals surface area contributed by atoms with Gasteiger partial charge in [0.05, 0.1) is 25.0 Å². The van der Waals surface area contributed by atoms with E-state index in [2.05, 4.69) is 16.0 Å². The topological polar surface area (TPSA) is 106 Å². The molecule has 43 heavy (non-hydrogen) atoms. The van der Waals surface area contributed by atoms with Crippen molar-refractivity contribution in [2.45, 2.75) is 4.90 Å². The molecule has 0 bridgehead atoms. The molecule has 220 valence electrons. The van der Waals surface area contributed by atoms with E-state index in [1.54, 1.807) is 72.8 Å². The molecule has 11 heteroatoms. The Hall–Kier alpha value is -4.80. The van der Waals surface area contributed by atoms with Crippen LogP contribution in [-0.2, 0) is 9.59 Å². The molecular formula is C32H27ClFN3O5S. The van der Waals surface area contributed by atoms with E-state index in [-0.39, 0.29) is 22.4 Å². The minimum Gasteiger partial charge on any atom is -0.497 e. The molecule has 0 aromatic heterocycles. The first-order valence-electron chi connectivity index (χ1n) is 12.8. The number of carbonyl (C=O) groups is 3. The SMILES string of the molecule is COc1ccc(OC)c(/C=C(\NC(=O)c2ccccc2)C(=O)Nc2ccc(SCC(=O)Nc3ccc(F)c(Cl)c3)cc2)c1. The van der Waals surface area contributed by atoms with Crippen LogP contribution >= 0.6 is 23.4 Å². The van der Waals surface area contributed by atoms with Gasteiger partial charge in [0, 0.05) is 27.4 Å². The van der Waals surface area contributed by atoms with E-state index in [1.807, 2.05) is 0 Å². The Morgan fingerprint density at radius 3 is 2.26 bits per heavy atom. The van der Waals surface area contributed by atoms with Gasteiger partial charge < -0.3 is 25.4 Å². The molecule has 0 aliphatic rings. The van der Waals surface area contributed by atoms with Gasteiger partial charge in [0.25, 0.3) is 11.8 Å². The number of carbonyl (C=O) groups excluding carboxylic acids is 3. The van der Waals surface area contributed by atoms with Gasteiger partial charge in [-0.15, -0.1) is 11.8 Å². The van der Waals surface area contributed by atoms with Gasteiger partial charge in [-0.25, -0.2) is 4.39 Å². The van der Waals surface area contributed by atoms with Crippen molar-refractivity contribution in [1.29, 1.82) is 0 Å². The highest BCUT2D eigenvalue weighted by molar-refractivity contribution is 8.00. The molecule has 0 atom stereocenters. The number of hydrogen-bond acceptors (Lipinski definition) is 6. The molecular weight excluding hydrogens is 593 g/mol. The molecule has 0 aliphatic carbocycles. The van der Waals surface area contributed by atoms with Crippen molar-refractivity contribution in [1.82, 2.24) is 5.32 Å². The largest absolute Gasteiger partial charge is 0.497 e. The zero-order valence-electron chi connectivity index (χ0n) is 23.2. The zero-order valence-corrected chi connectivity index (χ0v) is 24.7. The Morgan fingerprint density at radius 1 is 0.860 bits per heavy atom. The van der Waals surface area contributed by atoms with Crippen LogP contribution in [0.15, 0.2) is 102 Å². The van der Waals surface area contributed by atoms with Crippen LogP contribution in [0.4, 0.5) is 15.8 Å². The lowest BCUT2D eigenvalue weighted by Gasteiger charge is -2.13. The molecule has 8 nitrogen and oxygen atoms in total. The van der Waals surface area contributed by atoms with Gasteiger partial charge in [-0.3, -0.25) is 14.4 Å². The quantitative estimate of drug-likeness (QED) is 0.128. The molecule has 0 heterocycles. The number of anilines is 2. The van der Waals surface area contributed by atoms with Crippen LogP contribution < -0.4 is 25.4 Å². The lowest BCUT2D eigenvalue weighted by molar-refractivity contribution is -0.114. The number of ether oxygens (including phenoxy) is 2. The third-order valence-corrected chi connectivity index (χ3v) is 7.25. The van der Waals surface area contributed by atoms with Gasteiger partial charge in [0.15, 0.2) is 0 Å². The normalized spacial score (nSPS) is 10.9. The van der Waals surface area contributed by atoms with E-state index in [0.717, 1.165) is 4.90 Å². The maximum absolute atomic E-state index is 13.4. The van der Waals surface area contributed by atoms with Gasteiger partial charge in [-0.05, 0) is 78.9 Å². The van der Waals surface area contributed by atoms with Crippen LogP contribution in [0.5, 0.6) is 11.5 Å². The van der Waals surface area contributed by atoms with Crippen LogP contribution in [-0.4, -0.2) is 37.7 Å². The average Bonchev–Trinajstić information content (AvgIpc) is 3.02. The van der Waals surface area contributed by atoms with Crippen LogP contribution in [0.1, 0.15) is 15.9 Å². The highest BCUT2D eigenvalue weighted by atomic mass is 35.5. The summed E-state index contributed by atoms with van der Waals surface area (Å²) < 4.78 is 24.1. The average molecular weight is 620 g/mol. The summed E-state index contributed by atoms with van der Waals surface area (Å²) in [6.45, 7) is 0. The molecule has 0 fully saturated rings. The number of nitrogens with one attached hydrogen (secondary N) is 3. The standard InChI is InChI=1S/C32H27ClFN3O5S/c1-41-24-11-15-29(42-2)21(16-24)17-28(37-31(39)20-6-4-3-5-7-20)32(40)36-22-8-12-25(13-9-22)43-19-30(38)35-23-10-14-27(34)26(33)18-23/h3-18H,19H2,1-2H3,(H,35,38)(H,36,40)(H,37,39)/b28-17-. The van der Waals surface area contributed by atoms with Crippen molar-refractivity contribution < 1.29 is 28.2 Å². The lowest BCUT2D eigenvalue weighted by atomic mass is 10.1. The molecule has 3 amide bonds. The number of hydrogen-bond donors (Lipinski definition) is 3. The summed E-state index contributed by atoms with van der Waals surface area (Å²) in [5.74, 6) is -0.757. The molecule has 3 N–H and O–H groups in total. The first kappa shape index (κ1) is 31.1. The summed E-state index contributed by atoms with van der Waals surface area (Å²) in [5.41, 5.74) is 1.75. The van der Waals surface area contributed by atoms with Crippen LogP contribution in [0.3, 0.4) is 0 Å². The Kier molecular flexibility index (Phi) is 10.8. The number of amides is 3. The van der Waals surface area contributed by atoms with Crippen molar-refractivity contribution in [2.24, 2.45) is 0 Å². The minimum atomic E-state index is -0.567. The highest BCUT2D eigenvalue weighted by Gasteiger charge is 2.17. The van der Waals surface area contributed by atoms with E-state index in [0.29, 0.717) is 34.0 Å². The zero-order chi connectivity index (χ0) is 30.8. The molecule has 4 aromatic carbocycles. The lowest BCUT2D eigenvalue weighted by Crippen LogP contribution is -2.30. The van der Waals surface area contributed by atoms with Gasteiger partial charge in [-0.2, -0.15) is 0 Å². The number of halogens is 2. The fourth-order valence-electron chi connectivity index (χ4n) is 3.80. The fraction of sp³-hybridized carbons (Fsp3) is 0.0938.